The Balaban J connectivity index is 1.24. The van der Waals surface area contributed by atoms with E-state index in [1.807, 2.05) is 11.3 Å². The maximum absolute atomic E-state index is 7.06. The Labute approximate surface area is 310 Å². The molecule has 0 amide bonds. The second-order valence-electron chi connectivity index (χ2n) is 13.6. The average Bonchev–Trinajstić information content (AvgIpc) is 3.81. The van der Waals surface area contributed by atoms with Gasteiger partial charge < -0.3 is 9.32 Å². The van der Waals surface area contributed by atoms with Crippen LogP contribution in [0, 0.1) is 0 Å². The lowest BCUT2D eigenvalue weighted by Crippen LogP contribution is -2.11. The minimum Gasteiger partial charge on any atom is -0.453 e. The van der Waals surface area contributed by atoms with Gasteiger partial charge in [0.05, 0.1) is 11.4 Å². The molecule has 0 aliphatic heterocycles. The van der Waals surface area contributed by atoms with Gasteiger partial charge >= 0.3 is 0 Å². The molecule has 11 rings (SSSR count). The van der Waals surface area contributed by atoms with Crippen molar-refractivity contribution in [3.63, 3.8) is 0 Å². The van der Waals surface area contributed by atoms with Crippen LogP contribution >= 0.6 is 11.3 Å². The quantitative estimate of drug-likeness (QED) is 0.178. The molecule has 0 saturated heterocycles. The van der Waals surface area contributed by atoms with Crippen LogP contribution in [-0.2, 0) is 0 Å². The molecule has 0 radical (unpaired) electrons. The van der Waals surface area contributed by atoms with Crippen molar-refractivity contribution in [1.82, 2.24) is 0 Å². The molecule has 0 atom stereocenters. The largest absolute Gasteiger partial charge is 0.453 e. The van der Waals surface area contributed by atoms with Crippen LogP contribution in [0.25, 0.3) is 85.9 Å². The van der Waals surface area contributed by atoms with Gasteiger partial charge in [-0.15, -0.1) is 11.3 Å². The summed E-state index contributed by atoms with van der Waals surface area (Å²) >= 11 is 1.88. The first-order valence-electron chi connectivity index (χ1n) is 18.0. The normalized spacial score (nSPS) is 11.8. The minimum absolute atomic E-state index is 0.863. The van der Waals surface area contributed by atoms with Crippen LogP contribution in [0.3, 0.4) is 0 Å². The van der Waals surface area contributed by atoms with Gasteiger partial charge in [0.25, 0.3) is 0 Å². The molecule has 0 fully saturated rings. The third-order valence-corrected chi connectivity index (χ3v) is 11.8. The zero-order valence-electron chi connectivity index (χ0n) is 28.7. The van der Waals surface area contributed by atoms with E-state index in [-0.39, 0.29) is 0 Å². The summed E-state index contributed by atoms with van der Waals surface area (Å²) in [4.78, 5) is 2.42. The summed E-state index contributed by atoms with van der Waals surface area (Å²) in [6, 6.07) is 67.7. The van der Waals surface area contributed by atoms with E-state index in [1.165, 1.54) is 47.3 Å². The molecule has 248 valence electrons. The lowest BCUT2D eigenvalue weighted by molar-refractivity contribution is 0.670. The van der Waals surface area contributed by atoms with E-state index in [0.29, 0.717) is 0 Å². The lowest BCUT2D eigenvalue weighted by Gasteiger charge is -2.27. The molecule has 9 aromatic carbocycles. The fourth-order valence-corrected chi connectivity index (χ4v) is 9.51. The number of furan rings is 1. The molecule has 2 nitrogen and oxygen atoms in total. The van der Waals surface area contributed by atoms with Gasteiger partial charge in [-0.3, -0.25) is 0 Å². The summed E-state index contributed by atoms with van der Waals surface area (Å²) in [5, 5.41) is 9.81. The predicted molar refractivity (Wildman–Crippen MR) is 227 cm³/mol. The average molecular weight is 694 g/mol. The van der Waals surface area contributed by atoms with E-state index in [1.54, 1.807) is 0 Å². The molecule has 0 saturated carbocycles. The van der Waals surface area contributed by atoms with E-state index in [0.717, 1.165) is 55.7 Å². The van der Waals surface area contributed by atoms with Gasteiger partial charge in [0.1, 0.15) is 5.58 Å². The first-order valence-corrected chi connectivity index (χ1v) is 18.8. The molecule has 0 unspecified atom stereocenters. The van der Waals surface area contributed by atoms with Crippen LogP contribution in [0.1, 0.15) is 0 Å². The number of anilines is 3. The van der Waals surface area contributed by atoms with Crippen molar-refractivity contribution in [3.05, 3.63) is 188 Å². The van der Waals surface area contributed by atoms with Gasteiger partial charge in [-0.25, -0.2) is 0 Å². The number of para-hydroxylation sites is 2. The monoisotopic (exact) mass is 693 g/mol. The molecular weight excluding hydrogens is 663 g/mol. The molecule has 3 heteroatoms. The summed E-state index contributed by atoms with van der Waals surface area (Å²) in [5.74, 6) is 0. The number of thiophene rings is 1. The standard InChI is InChI=1S/C50H31NOS/c1-3-14-32(15-4-1)35-19-11-20-36(30-35)51(44-27-13-26-42-41-25-12-24-37(48(41)52-49(42)44)33-16-5-2-6-17-33)45-31-46-47(40-23-10-9-22-39(40)45)43-29-28-34-18-7-8-21-38(34)50(43)53-46/h1-31H. The topological polar surface area (TPSA) is 16.4 Å². The molecule has 0 spiro atoms. The van der Waals surface area contributed by atoms with Gasteiger partial charge in [0.2, 0.25) is 0 Å². The van der Waals surface area contributed by atoms with Crippen molar-refractivity contribution in [1.29, 1.82) is 0 Å². The van der Waals surface area contributed by atoms with Gasteiger partial charge in [-0.05, 0) is 57.1 Å². The molecule has 0 aliphatic carbocycles. The smallest absolute Gasteiger partial charge is 0.159 e. The highest BCUT2D eigenvalue weighted by Gasteiger charge is 2.24. The Bertz CT molecular complexity index is 3180. The summed E-state index contributed by atoms with van der Waals surface area (Å²) in [7, 11) is 0. The van der Waals surface area contributed by atoms with E-state index in [9.17, 15) is 0 Å². The summed E-state index contributed by atoms with van der Waals surface area (Å²) in [5.41, 5.74) is 9.52. The SMILES string of the molecule is c1ccc(-c2cccc(N(c3cc4sc5c6ccccc6ccc5c4c4ccccc34)c3cccc4c3oc3c(-c5ccccc5)cccc34)c2)cc1. The van der Waals surface area contributed by atoms with Gasteiger partial charge in [-0.1, -0.05) is 164 Å². The fourth-order valence-electron chi connectivity index (χ4n) is 8.22. The van der Waals surface area contributed by atoms with Gasteiger partial charge in [0.15, 0.2) is 5.58 Å². The molecule has 0 bridgehead atoms. The van der Waals surface area contributed by atoms with Crippen LogP contribution in [0.2, 0.25) is 0 Å². The van der Waals surface area contributed by atoms with Crippen LogP contribution in [-0.4, -0.2) is 0 Å². The Morgan fingerprint density at radius 2 is 1.04 bits per heavy atom. The molecule has 0 aliphatic rings. The van der Waals surface area contributed by atoms with Gasteiger partial charge in [-0.2, -0.15) is 0 Å². The number of benzene rings is 9. The van der Waals surface area contributed by atoms with Crippen molar-refractivity contribution in [2.45, 2.75) is 0 Å². The van der Waals surface area contributed by atoms with E-state index >= 15 is 0 Å². The maximum atomic E-state index is 7.06. The van der Waals surface area contributed by atoms with Crippen LogP contribution < -0.4 is 4.90 Å². The lowest BCUT2D eigenvalue weighted by atomic mass is 9.98. The number of rotatable bonds is 5. The van der Waals surface area contributed by atoms with Crippen LogP contribution in [0.4, 0.5) is 17.1 Å². The van der Waals surface area contributed by atoms with Crippen LogP contribution in [0.15, 0.2) is 192 Å². The highest BCUT2D eigenvalue weighted by atomic mass is 32.1. The number of fused-ring (bicyclic) bond motifs is 10. The molecule has 2 heterocycles. The highest BCUT2D eigenvalue weighted by Crippen LogP contribution is 2.50. The second-order valence-corrected chi connectivity index (χ2v) is 14.7. The fraction of sp³-hybridized carbons (Fsp3) is 0. The zero-order valence-corrected chi connectivity index (χ0v) is 29.5. The van der Waals surface area contributed by atoms with Crippen molar-refractivity contribution >= 4 is 92.1 Å². The third-order valence-electron chi connectivity index (χ3n) is 10.6. The molecule has 2 aromatic heterocycles. The zero-order chi connectivity index (χ0) is 34.9. The Morgan fingerprint density at radius 3 is 1.87 bits per heavy atom. The maximum Gasteiger partial charge on any atom is 0.159 e. The minimum atomic E-state index is 0.863. The molecule has 11 aromatic rings. The molecule has 0 N–H and O–H groups in total. The van der Waals surface area contributed by atoms with Crippen molar-refractivity contribution in [3.8, 4) is 22.3 Å². The summed E-state index contributed by atoms with van der Waals surface area (Å²) in [6.45, 7) is 0. The predicted octanol–water partition coefficient (Wildman–Crippen LogP) is 15.1. The number of hydrogen-bond donors (Lipinski definition) is 0. The molecular formula is C50H31NOS. The van der Waals surface area contributed by atoms with E-state index in [4.69, 9.17) is 4.42 Å². The summed E-state index contributed by atoms with van der Waals surface area (Å²) in [6.07, 6.45) is 0. The first kappa shape index (κ1) is 30.0. The van der Waals surface area contributed by atoms with E-state index < -0.39 is 0 Å². The summed E-state index contributed by atoms with van der Waals surface area (Å²) < 4.78 is 9.65. The Kier molecular flexibility index (Phi) is 6.76. The number of hydrogen-bond acceptors (Lipinski definition) is 3. The highest BCUT2D eigenvalue weighted by molar-refractivity contribution is 7.27. The Morgan fingerprint density at radius 1 is 0.396 bits per heavy atom. The Hall–Kier alpha value is -6.68. The van der Waals surface area contributed by atoms with Crippen LogP contribution in [0.5, 0.6) is 0 Å². The van der Waals surface area contributed by atoms with Crippen molar-refractivity contribution in [2.75, 3.05) is 4.90 Å². The first-order chi connectivity index (χ1) is 26.3. The van der Waals surface area contributed by atoms with Crippen molar-refractivity contribution in [2.24, 2.45) is 0 Å². The second kappa shape index (κ2) is 11.9. The van der Waals surface area contributed by atoms with Gasteiger partial charge in [0, 0.05) is 47.6 Å². The van der Waals surface area contributed by atoms with E-state index in [2.05, 4.69) is 193 Å². The molecule has 53 heavy (non-hydrogen) atoms. The third kappa shape index (κ3) is 4.71. The number of nitrogens with zero attached hydrogens (tertiary/aromatic N) is 1. The van der Waals surface area contributed by atoms with Crippen molar-refractivity contribution < 1.29 is 4.42 Å².